The summed E-state index contributed by atoms with van der Waals surface area (Å²) in [5, 5.41) is 12.2. The van der Waals surface area contributed by atoms with Gasteiger partial charge in [0.05, 0.1) is 18.6 Å². The van der Waals surface area contributed by atoms with E-state index in [4.69, 9.17) is 5.11 Å². The van der Waals surface area contributed by atoms with Crippen molar-refractivity contribution in [3.63, 3.8) is 0 Å². The van der Waals surface area contributed by atoms with Crippen LogP contribution in [0.3, 0.4) is 0 Å². The second-order valence-corrected chi connectivity index (χ2v) is 4.22. The minimum atomic E-state index is 0.143. The van der Waals surface area contributed by atoms with Crippen LogP contribution in [0.4, 0.5) is 0 Å². The van der Waals surface area contributed by atoms with Gasteiger partial charge >= 0.3 is 0 Å². The molecule has 0 aliphatic heterocycles. The van der Waals surface area contributed by atoms with E-state index in [1.807, 2.05) is 20.2 Å². The molecule has 0 amide bonds. The third-order valence-corrected chi connectivity index (χ3v) is 2.66. The third-order valence-electron chi connectivity index (χ3n) is 2.66. The Balaban J connectivity index is 2.51. The first kappa shape index (κ1) is 12.2. The maximum absolute atomic E-state index is 8.93. The smallest absolute Gasteiger partial charge is 0.0951 e. The lowest BCUT2D eigenvalue weighted by atomic mass is 10.2. The van der Waals surface area contributed by atoms with E-state index in [-0.39, 0.29) is 12.6 Å². The standard InChI is InChI=1S/C11H21N3O/c1-8(13-9(2)6-15)5-14-7-12-10(3)11(14)4/h7-9,13,15H,5-6H2,1-4H3. The van der Waals surface area contributed by atoms with E-state index in [9.17, 15) is 0 Å². The maximum atomic E-state index is 8.93. The zero-order chi connectivity index (χ0) is 11.4. The number of hydrogen-bond acceptors (Lipinski definition) is 3. The average Bonchev–Trinajstić information content (AvgIpc) is 2.49. The van der Waals surface area contributed by atoms with Crippen LogP contribution < -0.4 is 5.32 Å². The number of nitrogens with one attached hydrogen (secondary N) is 1. The molecule has 0 aliphatic rings. The van der Waals surface area contributed by atoms with E-state index in [1.54, 1.807) is 0 Å². The summed E-state index contributed by atoms with van der Waals surface area (Å²) in [5.41, 5.74) is 2.29. The molecule has 1 rings (SSSR count). The molecule has 1 aromatic rings. The van der Waals surface area contributed by atoms with Gasteiger partial charge in [-0.2, -0.15) is 0 Å². The highest BCUT2D eigenvalue weighted by molar-refractivity contribution is 5.08. The molecule has 0 aliphatic carbocycles. The Morgan fingerprint density at radius 1 is 1.40 bits per heavy atom. The minimum Gasteiger partial charge on any atom is -0.395 e. The number of aryl methyl sites for hydroxylation is 1. The van der Waals surface area contributed by atoms with E-state index in [0.717, 1.165) is 12.2 Å². The molecule has 0 aromatic carbocycles. The molecule has 0 bridgehead atoms. The number of nitrogens with zero attached hydrogens (tertiary/aromatic N) is 2. The van der Waals surface area contributed by atoms with Crippen molar-refractivity contribution in [1.29, 1.82) is 0 Å². The van der Waals surface area contributed by atoms with Gasteiger partial charge in [-0.3, -0.25) is 0 Å². The van der Waals surface area contributed by atoms with Crippen LogP contribution in [0.1, 0.15) is 25.2 Å². The van der Waals surface area contributed by atoms with Crippen LogP contribution in [0.15, 0.2) is 6.33 Å². The predicted molar refractivity (Wildman–Crippen MR) is 60.8 cm³/mol. The third kappa shape index (κ3) is 3.32. The van der Waals surface area contributed by atoms with Crippen molar-refractivity contribution in [2.45, 2.75) is 46.3 Å². The van der Waals surface area contributed by atoms with Crippen molar-refractivity contribution in [1.82, 2.24) is 14.9 Å². The van der Waals surface area contributed by atoms with Crippen molar-refractivity contribution in [3.8, 4) is 0 Å². The second kappa shape index (κ2) is 5.28. The normalized spacial score (nSPS) is 15.3. The Kier molecular flexibility index (Phi) is 4.29. The van der Waals surface area contributed by atoms with Crippen molar-refractivity contribution in [2.24, 2.45) is 0 Å². The van der Waals surface area contributed by atoms with Gasteiger partial charge in [0.2, 0.25) is 0 Å². The zero-order valence-electron chi connectivity index (χ0n) is 9.99. The molecule has 15 heavy (non-hydrogen) atoms. The van der Waals surface area contributed by atoms with Crippen LogP contribution >= 0.6 is 0 Å². The number of aliphatic hydroxyl groups excluding tert-OH is 1. The van der Waals surface area contributed by atoms with Crippen LogP contribution in [0, 0.1) is 13.8 Å². The number of hydrogen-bond donors (Lipinski definition) is 2. The highest BCUT2D eigenvalue weighted by Crippen LogP contribution is 2.05. The molecule has 0 fully saturated rings. The molecule has 1 aromatic heterocycles. The predicted octanol–water partition coefficient (Wildman–Crippen LogP) is 0.859. The summed E-state index contributed by atoms with van der Waals surface area (Å²) in [4.78, 5) is 4.25. The summed E-state index contributed by atoms with van der Waals surface area (Å²) in [6.45, 7) is 9.23. The summed E-state index contributed by atoms with van der Waals surface area (Å²) < 4.78 is 2.14. The van der Waals surface area contributed by atoms with Gasteiger partial charge in [-0.15, -0.1) is 0 Å². The molecule has 2 unspecified atom stereocenters. The van der Waals surface area contributed by atoms with E-state index in [1.165, 1.54) is 5.69 Å². The summed E-state index contributed by atoms with van der Waals surface area (Å²) in [6.07, 6.45) is 1.87. The van der Waals surface area contributed by atoms with Crippen molar-refractivity contribution >= 4 is 0 Å². The maximum Gasteiger partial charge on any atom is 0.0951 e. The van der Waals surface area contributed by atoms with Gasteiger partial charge in [0.25, 0.3) is 0 Å². The van der Waals surface area contributed by atoms with Gasteiger partial charge in [-0.1, -0.05) is 0 Å². The number of aromatic nitrogens is 2. The minimum absolute atomic E-state index is 0.143. The highest BCUT2D eigenvalue weighted by Gasteiger charge is 2.09. The molecule has 0 saturated heterocycles. The van der Waals surface area contributed by atoms with Crippen LogP contribution in [0.2, 0.25) is 0 Å². The first-order chi connectivity index (χ1) is 7.04. The monoisotopic (exact) mass is 211 g/mol. The second-order valence-electron chi connectivity index (χ2n) is 4.22. The first-order valence-electron chi connectivity index (χ1n) is 5.39. The zero-order valence-corrected chi connectivity index (χ0v) is 9.99. The Hall–Kier alpha value is -0.870. The van der Waals surface area contributed by atoms with Gasteiger partial charge < -0.3 is 15.0 Å². The molecule has 0 radical (unpaired) electrons. The van der Waals surface area contributed by atoms with Gasteiger partial charge in [0.1, 0.15) is 0 Å². The van der Waals surface area contributed by atoms with E-state index in [2.05, 4.69) is 28.7 Å². The molecule has 2 atom stereocenters. The average molecular weight is 211 g/mol. The Morgan fingerprint density at radius 3 is 2.53 bits per heavy atom. The summed E-state index contributed by atoms with van der Waals surface area (Å²) in [6, 6.07) is 0.476. The Labute approximate surface area is 91.3 Å². The van der Waals surface area contributed by atoms with Crippen molar-refractivity contribution < 1.29 is 5.11 Å². The van der Waals surface area contributed by atoms with Gasteiger partial charge in [-0.05, 0) is 27.7 Å². The van der Waals surface area contributed by atoms with Crippen LogP contribution in [0.25, 0.3) is 0 Å². The van der Waals surface area contributed by atoms with Crippen LogP contribution in [0.5, 0.6) is 0 Å². The molecule has 4 nitrogen and oxygen atoms in total. The SMILES string of the molecule is Cc1ncn(CC(C)NC(C)CO)c1C. The van der Waals surface area contributed by atoms with Crippen LogP contribution in [-0.4, -0.2) is 33.3 Å². The Bertz CT molecular complexity index is 309. The first-order valence-corrected chi connectivity index (χ1v) is 5.39. The summed E-state index contributed by atoms with van der Waals surface area (Å²) in [7, 11) is 0. The van der Waals surface area contributed by atoms with Crippen molar-refractivity contribution in [3.05, 3.63) is 17.7 Å². The Morgan fingerprint density at radius 2 is 2.07 bits per heavy atom. The van der Waals surface area contributed by atoms with Gasteiger partial charge in [0.15, 0.2) is 0 Å². The lowest BCUT2D eigenvalue weighted by Crippen LogP contribution is -2.39. The fourth-order valence-electron chi connectivity index (χ4n) is 1.61. The molecule has 0 saturated carbocycles. The van der Waals surface area contributed by atoms with Crippen molar-refractivity contribution in [2.75, 3.05) is 6.61 Å². The topological polar surface area (TPSA) is 50.1 Å². The summed E-state index contributed by atoms with van der Waals surface area (Å²) in [5.74, 6) is 0. The quantitative estimate of drug-likeness (QED) is 0.759. The molecule has 1 heterocycles. The number of rotatable bonds is 5. The van der Waals surface area contributed by atoms with E-state index < -0.39 is 0 Å². The highest BCUT2D eigenvalue weighted by atomic mass is 16.3. The van der Waals surface area contributed by atoms with E-state index in [0.29, 0.717) is 6.04 Å². The fraction of sp³-hybridized carbons (Fsp3) is 0.727. The lowest BCUT2D eigenvalue weighted by Gasteiger charge is -2.19. The molecule has 2 N–H and O–H groups in total. The molecule has 86 valence electrons. The van der Waals surface area contributed by atoms with Crippen LogP contribution in [-0.2, 0) is 6.54 Å². The molecular formula is C11H21N3O. The van der Waals surface area contributed by atoms with Gasteiger partial charge in [-0.25, -0.2) is 4.98 Å². The number of imidazole rings is 1. The molecule has 0 spiro atoms. The largest absolute Gasteiger partial charge is 0.395 e. The summed E-state index contributed by atoms with van der Waals surface area (Å²) >= 11 is 0. The van der Waals surface area contributed by atoms with E-state index >= 15 is 0 Å². The lowest BCUT2D eigenvalue weighted by molar-refractivity contribution is 0.238. The fourth-order valence-corrected chi connectivity index (χ4v) is 1.61. The number of aliphatic hydroxyl groups is 1. The molecule has 4 heteroatoms. The van der Waals surface area contributed by atoms with Gasteiger partial charge in [0, 0.05) is 24.3 Å². The molecular weight excluding hydrogens is 190 g/mol.